The quantitative estimate of drug-likeness (QED) is 0.848. The predicted molar refractivity (Wildman–Crippen MR) is 59.8 cm³/mol. The molecule has 16 heavy (non-hydrogen) atoms. The van der Waals surface area contributed by atoms with Crippen LogP contribution in [0, 0.1) is 11.3 Å². The molecule has 0 aromatic carbocycles. The van der Waals surface area contributed by atoms with Crippen molar-refractivity contribution in [3.8, 4) is 6.07 Å². The fraction of sp³-hybridized carbons (Fsp3) is 0.400. The first kappa shape index (κ1) is 12.6. The van der Waals surface area contributed by atoms with Gasteiger partial charge in [0.15, 0.2) is 5.25 Å². The first-order valence-electron chi connectivity index (χ1n) is 4.79. The Morgan fingerprint density at radius 3 is 2.62 bits per heavy atom. The van der Waals surface area contributed by atoms with Crippen LogP contribution in [-0.4, -0.2) is 18.7 Å². The van der Waals surface area contributed by atoms with E-state index in [9.17, 15) is 8.42 Å². The van der Waals surface area contributed by atoms with E-state index in [2.05, 4.69) is 9.71 Å². The van der Waals surface area contributed by atoms with Crippen LogP contribution < -0.4 is 4.72 Å². The number of nitrogens with zero attached hydrogens (tertiary/aromatic N) is 2. The fourth-order valence-corrected chi connectivity index (χ4v) is 2.07. The lowest BCUT2D eigenvalue weighted by Crippen LogP contribution is -2.33. The molecule has 0 bridgehead atoms. The molecule has 1 heterocycles. The summed E-state index contributed by atoms with van der Waals surface area (Å²) in [6.07, 6.45) is 1.59. The topological polar surface area (TPSA) is 82.9 Å². The molecule has 1 aromatic rings. The number of sulfonamides is 1. The molecule has 1 N–H and O–H groups in total. The van der Waals surface area contributed by atoms with Gasteiger partial charge in [0.25, 0.3) is 0 Å². The predicted octanol–water partition coefficient (Wildman–Crippen LogP) is 0.974. The van der Waals surface area contributed by atoms with E-state index in [1.165, 1.54) is 6.92 Å². The summed E-state index contributed by atoms with van der Waals surface area (Å²) in [5.74, 6) is 0. The molecule has 0 saturated heterocycles. The highest BCUT2D eigenvalue weighted by Gasteiger charge is 2.23. The van der Waals surface area contributed by atoms with E-state index in [4.69, 9.17) is 5.26 Å². The van der Waals surface area contributed by atoms with E-state index in [0.717, 1.165) is 0 Å². The van der Waals surface area contributed by atoms with Gasteiger partial charge in [-0.15, -0.1) is 0 Å². The van der Waals surface area contributed by atoms with E-state index >= 15 is 0 Å². The summed E-state index contributed by atoms with van der Waals surface area (Å²) < 4.78 is 25.6. The van der Waals surface area contributed by atoms with Gasteiger partial charge in [-0.2, -0.15) is 5.26 Å². The molecule has 86 valence electrons. The third-order valence-electron chi connectivity index (χ3n) is 2.12. The Morgan fingerprint density at radius 1 is 1.44 bits per heavy atom. The molecule has 1 rings (SSSR count). The van der Waals surface area contributed by atoms with Crippen molar-refractivity contribution < 1.29 is 8.42 Å². The molecule has 2 atom stereocenters. The molecule has 2 unspecified atom stereocenters. The van der Waals surface area contributed by atoms with E-state index < -0.39 is 21.3 Å². The highest BCUT2D eigenvalue weighted by Crippen LogP contribution is 2.11. The standard InChI is InChI=1S/C10H13N3O2S/c1-8(7-11)16(14,15)13-9(2)10-5-3-4-6-12-10/h3-6,8-9,13H,1-2H3. The number of aromatic nitrogens is 1. The lowest BCUT2D eigenvalue weighted by molar-refractivity contribution is 0.559. The number of hydrogen-bond acceptors (Lipinski definition) is 4. The van der Waals surface area contributed by atoms with Crippen molar-refractivity contribution in [2.24, 2.45) is 0 Å². The summed E-state index contributed by atoms with van der Waals surface area (Å²) in [4.78, 5) is 4.04. The Hall–Kier alpha value is -1.45. The second-order valence-electron chi connectivity index (χ2n) is 3.41. The first-order chi connectivity index (χ1) is 7.47. The van der Waals surface area contributed by atoms with Gasteiger partial charge in [-0.3, -0.25) is 4.98 Å². The number of nitriles is 1. The average Bonchev–Trinajstić information content (AvgIpc) is 2.28. The Bertz CT molecular complexity index is 479. The zero-order valence-corrected chi connectivity index (χ0v) is 9.90. The fourth-order valence-electron chi connectivity index (χ4n) is 1.11. The van der Waals surface area contributed by atoms with Crippen LogP contribution in [0.25, 0.3) is 0 Å². The highest BCUT2D eigenvalue weighted by atomic mass is 32.2. The van der Waals surface area contributed by atoms with Crippen molar-refractivity contribution in [3.63, 3.8) is 0 Å². The van der Waals surface area contributed by atoms with Crippen LogP contribution in [0.1, 0.15) is 25.6 Å². The van der Waals surface area contributed by atoms with Crippen LogP contribution in [0.5, 0.6) is 0 Å². The first-order valence-corrected chi connectivity index (χ1v) is 6.33. The van der Waals surface area contributed by atoms with Gasteiger partial charge < -0.3 is 0 Å². The molecule has 6 heteroatoms. The SMILES string of the molecule is CC(NS(=O)(=O)C(C)C#N)c1ccccn1. The summed E-state index contributed by atoms with van der Waals surface area (Å²) >= 11 is 0. The van der Waals surface area contributed by atoms with Crippen LogP contribution >= 0.6 is 0 Å². The summed E-state index contributed by atoms with van der Waals surface area (Å²) in [5.41, 5.74) is 0.621. The van der Waals surface area contributed by atoms with Gasteiger partial charge >= 0.3 is 0 Å². The minimum atomic E-state index is -3.61. The summed E-state index contributed by atoms with van der Waals surface area (Å²) in [6, 6.07) is 6.51. The van der Waals surface area contributed by atoms with Crippen LogP contribution in [0.2, 0.25) is 0 Å². The number of pyridine rings is 1. The molecule has 5 nitrogen and oxygen atoms in total. The molecule has 0 spiro atoms. The maximum atomic E-state index is 11.6. The third-order valence-corrected chi connectivity index (χ3v) is 3.84. The van der Waals surface area contributed by atoms with Crippen molar-refractivity contribution >= 4 is 10.0 Å². The summed E-state index contributed by atoms with van der Waals surface area (Å²) in [6.45, 7) is 3.03. The van der Waals surface area contributed by atoms with Crippen LogP contribution in [0.3, 0.4) is 0 Å². The average molecular weight is 239 g/mol. The highest BCUT2D eigenvalue weighted by molar-refractivity contribution is 7.90. The molecule has 0 aliphatic heterocycles. The maximum absolute atomic E-state index is 11.6. The lowest BCUT2D eigenvalue weighted by atomic mass is 10.2. The second kappa shape index (κ2) is 5.05. The van der Waals surface area contributed by atoms with Crippen molar-refractivity contribution in [1.29, 1.82) is 5.26 Å². The molecule has 0 aliphatic rings. The number of rotatable bonds is 4. The maximum Gasteiger partial charge on any atom is 0.228 e. The molecule has 0 saturated carbocycles. The van der Waals surface area contributed by atoms with E-state index in [1.807, 2.05) is 0 Å². The van der Waals surface area contributed by atoms with E-state index in [1.54, 1.807) is 37.4 Å². The smallest absolute Gasteiger partial charge is 0.228 e. The van der Waals surface area contributed by atoms with Crippen LogP contribution in [-0.2, 0) is 10.0 Å². The minimum absolute atomic E-state index is 0.443. The molecule has 0 fully saturated rings. The Morgan fingerprint density at radius 2 is 2.12 bits per heavy atom. The van der Waals surface area contributed by atoms with Gasteiger partial charge in [-0.05, 0) is 26.0 Å². The second-order valence-corrected chi connectivity index (χ2v) is 5.44. The van der Waals surface area contributed by atoms with Gasteiger partial charge in [0.05, 0.1) is 17.8 Å². The van der Waals surface area contributed by atoms with Gasteiger partial charge in [-0.1, -0.05) is 6.07 Å². The zero-order valence-electron chi connectivity index (χ0n) is 9.08. The van der Waals surface area contributed by atoms with E-state index in [0.29, 0.717) is 5.69 Å². The van der Waals surface area contributed by atoms with Gasteiger partial charge in [0.2, 0.25) is 10.0 Å². The minimum Gasteiger partial charge on any atom is -0.260 e. The zero-order chi connectivity index (χ0) is 12.2. The molecular weight excluding hydrogens is 226 g/mol. The third kappa shape index (κ3) is 3.02. The molecule has 0 radical (unpaired) electrons. The van der Waals surface area contributed by atoms with Crippen LogP contribution in [0.15, 0.2) is 24.4 Å². The van der Waals surface area contributed by atoms with Gasteiger partial charge in [0, 0.05) is 6.20 Å². The van der Waals surface area contributed by atoms with Crippen molar-refractivity contribution in [2.45, 2.75) is 25.1 Å². The normalized spacial score (nSPS) is 15.1. The summed E-state index contributed by atoms with van der Waals surface area (Å²) in [5, 5.41) is 7.50. The van der Waals surface area contributed by atoms with Gasteiger partial charge in [-0.25, -0.2) is 13.1 Å². The van der Waals surface area contributed by atoms with Crippen molar-refractivity contribution in [2.75, 3.05) is 0 Å². The van der Waals surface area contributed by atoms with Crippen LogP contribution in [0.4, 0.5) is 0 Å². The van der Waals surface area contributed by atoms with Crippen molar-refractivity contribution in [1.82, 2.24) is 9.71 Å². The molecule has 0 amide bonds. The molecule has 1 aromatic heterocycles. The Balaban J connectivity index is 2.81. The number of nitrogens with one attached hydrogen (secondary N) is 1. The largest absolute Gasteiger partial charge is 0.260 e. The monoisotopic (exact) mass is 239 g/mol. The Kier molecular flexibility index (Phi) is 3.99. The summed E-state index contributed by atoms with van der Waals surface area (Å²) in [7, 11) is -3.61. The molecule has 0 aliphatic carbocycles. The van der Waals surface area contributed by atoms with E-state index in [-0.39, 0.29) is 0 Å². The Labute approximate surface area is 95.2 Å². The lowest BCUT2D eigenvalue weighted by Gasteiger charge is -2.14. The molecular formula is C10H13N3O2S. The van der Waals surface area contributed by atoms with Gasteiger partial charge in [0.1, 0.15) is 0 Å². The van der Waals surface area contributed by atoms with Crippen molar-refractivity contribution in [3.05, 3.63) is 30.1 Å². The number of hydrogen-bond donors (Lipinski definition) is 1.